The molecule has 3 rings (SSSR count). The van der Waals surface area contributed by atoms with Crippen LogP contribution in [0.25, 0.3) is 0 Å². The Morgan fingerprint density at radius 1 is 0.326 bits per heavy atom. The molecule has 0 N–H and O–H groups in total. The zero-order valence-electron chi connectivity index (χ0n) is 73.9. The van der Waals surface area contributed by atoms with Crippen LogP contribution in [0.1, 0.15) is 452 Å². The molecule has 0 aromatic rings. The molecule has 0 amide bonds. The number of hydrogen-bond acceptors (Lipinski definition) is 0. The minimum Gasteiger partial charge on any atom is -0.244 e. The highest BCUT2D eigenvalue weighted by molar-refractivity contribution is 5.02. The molecule has 0 radical (unpaired) electrons. The van der Waals surface area contributed by atoms with E-state index in [1.807, 2.05) is 13.8 Å². The average Bonchev–Trinajstić information content (AvgIpc) is 1.05. The van der Waals surface area contributed by atoms with E-state index < -0.39 is 34.0 Å². The third kappa shape index (κ3) is 51.4. The van der Waals surface area contributed by atoms with Crippen molar-refractivity contribution in [3.8, 4) is 0 Å². The molecule has 0 bridgehead atoms. The van der Waals surface area contributed by atoms with Crippen molar-refractivity contribution in [2.45, 2.75) is 486 Å². The van der Waals surface area contributed by atoms with E-state index in [9.17, 15) is 17.6 Å². The highest BCUT2D eigenvalue weighted by atomic mass is 19.2. The molecule has 6 heteroatoms. The van der Waals surface area contributed by atoms with Gasteiger partial charge in [-0.05, 0) is 205 Å². The van der Waals surface area contributed by atoms with Crippen LogP contribution in [0.15, 0.2) is 0 Å². The summed E-state index contributed by atoms with van der Waals surface area (Å²) in [4.78, 5) is 0. The molecule has 0 aliphatic heterocycles. The monoisotopic (exact) mass is 1370 g/mol. The second kappa shape index (κ2) is 48.5. The molecule has 0 unspecified atom stereocenters. The smallest absolute Gasteiger partial charge is 0.118 e. The lowest BCUT2D eigenvalue weighted by atomic mass is 9.57. The Hall–Kier alpha value is -0.420. The molecule has 3 aliphatic carbocycles. The summed E-state index contributed by atoms with van der Waals surface area (Å²) in [7, 11) is 0. The Morgan fingerprint density at radius 3 is 0.674 bits per heavy atom. The fourth-order valence-corrected chi connectivity index (χ4v) is 14.0. The molecule has 3 fully saturated rings. The molecule has 584 valence electrons. The first-order valence-electron chi connectivity index (χ1n) is 40.3. The summed E-state index contributed by atoms with van der Waals surface area (Å²) in [5.74, 6) is 3.11. The van der Waals surface area contributed by atoms with Crippen molar-refractivity contribution in [1.82, 2.24) is 0 Å². The lowest BCUT2D eigenvalue weighted by Crippen LogP contribution is -2.51. The minimum absolute atomic E-state index is 0.136. The van der Waals surface area contributed by atoms with Crippen molar-refractivity contribution in [2.75, 3.05) is 0 Å². The van der Waals surface area contributed by atoms with E-state index in [0.717, 1.165) is 134 Å². The van der Waals surface area contributed by atoms with Gasteiger partial charge >= 0.3 is 0 Å². The molecular weight excluding hydrogens is 1180 g/mol. The second-order valence-electron chi connectivity index (χ2n) is 39.8. The lowest BCUT2D eigenvalue weighted by molar-refractivity contribution is -0.0946. The predicted molar refractivity (Wildman–Crippen MR) is 426 cm³/mol. The van der Waals surface area contributed by atoms with Crippen LogP contribution in [-0.4, -0.2) is 34.0 Å². The molecule has 3 aliphatic rings. The maximum absolute atomic E-state index is 15.4. The average molecular weight is 1370 g/mol. The zero-order valence-corrected chi connectivity index (χ0v) is 73.9. The first-order chi connectivity index (χ1) is 42.2. The summed E-state index contributed by atoms with van der Waals surface area (Å²) in [6.07, 6.45) is 23.7. The van der Waals surface area contributed by atoms with Gasteiger partial charge in [-0.3, -0.25) is 0 Å². The van der Waals surface area contributed by atoms with Crippen LogP contribution in [0, 0.1) is 91.2 Å². The van der Waals surface area contributed by atoms with E-state index >= 15 is 8.78 Å². The Balaban J connectivity index is -0.000000185. The van der Waals surface area contributed by atoms with Crippen LogP contribution in [0.3, 0.4) is 0 Å². The van der Waals surface area contributed by atoms with Crippen LogP contribution in [0.5, 0.6) is 0 Å². The number of halogens is 6. The summed E-state index contributed by atoms with van der Waals surface area (Å²) >= 11 is 0. The minimum atomic E-state index is -1.09. The molecule has 3 saturated carbocycles. The quantitative estimate of drug-likeness (QED) is 0.113. The molecule has 0 aromatic heterocycles. The third-order valence-corrected chi connectivity index (χ3v) is 23.1. The van der Waals surface area contributed by atoms with Gasteiger partial charge < -0.3 is 0 Å². The van der Waals surface area contributed by atoms with E-state index in [2.05, 4.69) is 256 Å². The number of rotatable bonds is 19. The van der Waals surface area contributed by atoms with Gasteiger partial charge in [0, 0.05) is 10.8 Å². The fourth-order valence-electron chi connectivity index (χ4n) is 14.0. The molecule has 0 atom stereocenters. The van der Waals surface area contributed by atoms with Crippen LogP contribution in [0.2, 0.25) is 0 Å². The fraction of sp³-hybridized carbons (Fsp3) is 1.00. The van der Waals surface area contributed by atoms with Gasteiger partial charge in [-0.1, -0.05) is 327 Å². The van der Waals surface area contributed by atoms with E-state index in [0.29, 0.717) is 50.7 Å². The normalized spacial score (nSPS) is 17.4. The SMILES string of the molecule is CC(C)(C)C.CC(C)C(C(C)C)C(C)(F)C(C(C)C)C(C)C.CC(C)C(C)(C)C.CC1(C)CCC(C)(F)CC1.CC1(F)CCCC1.CC1(F)CCCCC1.CCC(C)(C)C.CCC(C)(CC)C(C)(F)C(C)(CC)CC.CCC(CC)C(C)(F)C(CC)CC.CCCC(C)(C)C. The summed E-state index contributed by atoms with van der Waals surface area (Å²) in [5, 5.41) is 0. The van der Waals surface area contributed by atoms with Crippen LogP contribution in [0.4, 0.5) is 26.3 Å². The van der Waals surface area contributed by atoms with Crippen LogP contribution in [-0.2, 0) is 0 Å². The summed E-state index contributed by atoms with van der Waals surface area (Å²) in [6.45, 7) is 91.2. The van der Waals surface area contributed by atoms with Gasteiger partial charge in [0.25, 0.3) is 0 Å². The second-order valence-corrected chi connectivity index (χ2v) is 39.8. The lowest BCUT2D eigenvalue weighted by Gasteiger charge is -2.51. The van der Waals surface area contributed by atoms with Gasteiger partial charge in [0.15, 0.2) is 0 Å². The van der Waals surface area contributed by atoms with Crippen molar-refractivity contribution in [2.24, 2.45) is 91.2 Å². The van der Waals surface area contributed by atoms with Crippen LogP contribution < -0.4 is 0 Å². The van der Waals surface area contributed by atoms with Crippen molar-refractivity contribution in [1.29, 1.82) is 0 Å². The summed E-state index contributed by atoms with van der Waals surface area (Å²) in [6, 6.07) is 0. The summed E-state index contributed by atoms with van der Waals surface area (Å²) in [5.41, 5.74) is -3.54. The van der Waals surface area contributed by atoms with E-state index in [1.165, 1.54) is 25.7 Å². The van der Waals surface area contributed by atoms with Gasteiger partial charge in [0.05, 0.1) is 0 Å². The van der Waals surface area contributed by atoms with Crippen LogP contribution >= 0.6 is 0 Å². The molecule has 0 nitrogen and oxygen atoms in total. The highest BCUT2D eigenvalue weighted by Gasteiger charge is 2.53. The van der Waals surface area contributed by atoms with E-state index in [-0.39, 0.29) is 34.5 Å². The number of hydrogen-bond donors (Lipinski definition) is 0. The molecule has 95 heavy (non-hydrogen) atoms. The maximum atomic E-state index is 15.4. The van der Waals surface area contributed by atoms with Gasteiger partial charge in [-0.15, -0.1) is 0 Å². The standard InChI is InChI=1S/C16H33F.C14H29F.C12H25F.C9H17F.C7H13F.2C7H16.C6H11F.C6H14.C5H12/c1-10(2)14(11(3)4)16(9,17)15(12(5)6)13(7)8;1-8-12(5,9-2)14(7,15)13(6,10-3)11-4;1-6-10(7-2)12(5,13)11(8-3)9-4;1-8(2)4-6-9(3,10)7-5-8;1-7(8)5-3-2-4-6-7;1-6(2)7(3,4)5;1-5-6-7(2,3)4;1-6(7)4-2-3-5-6;1-5-6(2,3)4;1-5(2,3)4/h10-15H,1-9H3;8-11H2,1-7H3;10-11H,6-9H2,1-5H3;4-7H2,1-3H3;2-6H2,1H3;6H,1-5H3;5-6H2,1-4H3;2-5H2,1H3;5H2,1-4H3;1-4H3. The topological polar surface area (TPSA) is 0 Å². The first kappa shape index (κ1) is 108. The van der Waals surface area contributed by atoms with Crippen molar-refractivity contribution in [3.05, 3.63) is 0 Å². The largest absolute Gasteiger partial charge is 0.244 e. The molecule has 0 spiro atoms. The maximum Gasteiger partial charge on any atom is 0.118 e. The van der Waals surface area contributed by atoms with Gasteiger partial charge in [-0.2, -0.15) is 0 Å². The highest BCUT2D eigenvalue weighted by Crippen LogP contribution is 2.54. The molecule has 0 aromatic carbocycles. The van der Waals surface area contributed by atoms with Gasteiger partial charge in [-0.25, -0.2) is 26.3 Å². The van der Waals surface area contributed by atoms with Gasteiger partial charge in [0.2, 0.25) is 0 Å². The Kier molecular flexibility index (Phi) is 55.1. The Morgan fingerprint density at radius 2 is 0.547 bits per heavy atom. The number of alkyl halides is 6. The van der Waals surface area contributed by atoms with Crippen molar-refractivity contribution in [3.63, 3.8) is 0 Å². The first-order valence-corrected chi connectivity index (χ1v) is 40.3. The van der Waals surface area contributed by atoms with Gasteiger partial charge in [0.1, 0.15) is 34.0 Å². The zero-order chi connectivity index (χ0) is 77.7. The van der Waals surface area contributed by atoms with Crippen molar-refractivity contribution >= 4 is 0 Å². The molecular formula is C89H186F6. The molecule has 0 heterocycles. The Bertz CT molecular complexity index is 1620. The summed E-state index contributed by atoms with van der Waals surface area (Å²) < 4.78 is 83.7. The predicted octanol–water partition coefficient (Wildman–Crippen LogP) is 33.8. The third-order valence-electron chi connectivity index (χ3n) is 23.1. The van der Waals surface area contributed by atoms with Crippen molar-refractivity contribution < 1.29 is 26.3 Å². The Labute approximate surface area is 600 Å². The molecule has 0 saturated heterocycles. The van der Waals surface area contributed by atoms with E-state index in [4.69, 9.17) is 0 Å². The van der Waals surface area contributed by atoms with E-state index in [1.54, 1.807) is 27.7 Å².